The van der Waals surface area contributed by atoms with Crippen LogP contribution >= 0.6 is 0 Å². The molecule has 2 nitrogen and oxygen atoms in total. The number of aryl methyl sites for hydroxylation is 1. The van der Waals surface area contributed by atoms with Gasteiger partial charge in [0.1, 0.15) is 5.75 Å². The van der Waals surface area contributed by atoms with Gasteiger partial charge in [-0.15, -0.1) is 12.3 Å². The van der Waals surface area contributed by atoms with E-state index in [-0.39, 0.29) is 0 Å². The van der Waals surface area contributed by atoms with E-state index in [1.165, 1.54) is 0 Å². The largest absolute Gasteiger partial charge is 0.506 e. The van der Waals surface area contributed by atoms with Gasteiger partial charge in [-0.2, -0.15) is 0 Å². The highest BCUT2D eigenvalue weighted by Crippen LogP contribution is 2.28. The summed E-state index contributed by atoms with van der Waals surface area (Å²) >= 11 is 0. The van der Waals surface area contributed by atoms with E-state index in [4.69, 9.17) is 6.42 Å². The Morgan fingerprint density at radius 2 is 2.29 bits per heavy atom. The highest BCUT2D eigenvalue weighted by atomic mass is 16.3. The molecule has 1 aromatic heterocycles. The molecule has 0 bridgehead atoms. The van der Waals surface area contributed by atoms with Crippen LogP contribution in [-0.4, -0.2) is 9.67 Å². The van der Waals surface area contributed by atoms with Crippen molar-refractivity contribution < 1.29 is 5.11 Å². The second-order valence-corrected chi connectivity index (χ2v) is 3.32. The average Bonchev–Trinajstić information content (AvgIpc) is 2.46. The van der Waals surface area contributed by atoms with Gasteiger partial charge in [-0.3, -0.25) is 0 Å². The fourth-order valence-electron chi connectivity index (χ4n) is 1.78. The van der Waals surface area contributed by atoms with Gasteiger partial charge in [0.15, 0.2) is 0 Å². The monoisotopic (exact) mass is 185 g/mol. The number of phenolic OH excluding ortho intramolecular Hbond substituents is 1. The minimum atomic E-state index is 0.299. The number of nitrogens with zero attached hydrogens (tertiary/aromatic N) is 1. The molecule has 1 heterocycles. The molecule has 0 aliphatic rings. The first kappa shape index (κ1) is 8.71. The van der Waals surface area contributed by atoms with Crippen molar-refractivity contribution in [2.75, 3.05) is 0 Å². The number of aromatic hydroxyl groups is 1. The molecule has 2 rings (SSSR count). The average molecular weight is 185 g/mol. The second-order valence-electron chi connectivity index (χ2n) is 3.32. The van der Waals surface area contributed by atoms with Crippen molar-refractivity contribution in [1.82, 2.24) is 4.57 Å². The zero-order valence-electron chi connectivity index (χ0n) is 7.99. The SMILES string of the molecule is C#CCc1cn(C)c2c(O)cccc12. The molecule has 2 aromatic rings. The molecule has 0 fully saturated rings. The molecule has 0 unspecified atom stereocenters. The van der Waals surface area contributed by atoms with Crippen LogP contribution in [0.15, 0.2) is 24.4 Å². The molecular weight excluding hydrogens is 174 g/mol. The van der Waals surface area contributed by atoms with Gasteiger partial charge >= 0.3 is 0 Å². The lowest BCUT2D eigenvalue weighted by Crippen LogP contribution is -1.83. The van der Waals surface area contributed by atoms with E-state index in [9.17, 15) is 5.11 Å². The standard InChI is InChI=1S/C12H11NO/c1-3-5-9-8-13(2)12-10(9)6-4-7-11(12)14/h1,4,6-8,14H,5H2,2H3. The third-order valence-electron chi connectivity index (χ3n) is 2.36. The maximum atomic E-state index is 9.66. The molecule has 0 amide bonds. The number of para-hydroxylation sites is 1. The number of phenols is 1. The summed E-state index contributed by atoms with van der Waals surface area (Å²) in [5, 5.41) is 10.7. The lowest BCUT2D eigenvalue weighted by molar-refractivity contribution is 0.479. The number of fused-ring (bicyclic) bond motifs is 1. The summed E-state index contributed by atoms with van der Waals surface area (Å²) in [5.41, 5.74) is 1.93. The van der Waals surface area contributed by atoms with Crippen LogP contribution in [-0.2, 0) is 13.5 Å². The molecule has 2 heteroatoms. The number of terminal acetylenes is 1. The Bertz CT molecular complexity index is 517. The zero-order chi connectivity index (χ0) is 10.1. The molecule has 0 saturated carbocycles. The van der Waals surface area contributed by atoms with Crippen molar-refractivity contribution in [2.24, 2.45) is 7.05 Å². The van der Waals surface area contributed by atoms with E-state index >= 15 is 0 Å². The first-order chi connectivity index (χ1) is 6.74. The molecule has 0 spiro atoms. The predicted octanol–water partition coefficient (Wildman–Crippen LogP) is 2.06. The smallest absolute Gasteiger partial charge is 0.139 e. The summed E-state index contributed by atoms with van der Waals surface area (Å²) in [5.74, 6) is 2.91. The quantitative estimate of drug-likeness (QED) is 0.676. The number of rotatable bonds is 1. The van der Waals surface area contributed by atoms with Crippen molar-refractivity contribution in [3.63, 3.8) is 0 Å². The fourth-order valence-corrected chi connectivity index (χ4v) is 1.78. The lowest BCUT2D eigenvalue weighted by Gasteiger charge is -1.98. The van der Waals surface area contributed by atoms with Crippen LogP contribution < -0.4 is 0 Å². The van der Waals surface area contributed by atoms with E-state index < -0.39 is 0 Å². The van der Waals surface area contributed by atoms with Crippen molar-refractivity contribution in [3.05, 3.63) is 30.0 Å². The molecule has 0 aliphatic heterocycles. The molecular formula is C12H11NO. The van der Waals surface area contributed by atoms with Crippen molar-refractivity contribution in [1.29, 1.82) is 0 Å². The minimum absolute atomic E-state index is 0.299. The van der Waals surface area contributed by atoms with Gasteiger partial charge < -0.3 is 9.67 Å². The molecule has 0 saturated heterocycles. The third-order valence-corrected chi connectivity index (χ3v) is 2.36. The van der Waals surface area contributed by atoms with Crippen LogP contribution in [0.5, 0.6) is 5.75 Å². The van der Waals surface area contributed by atoms with Crippen LogP contribution in [0.2, 0.25) is 0 Å². The van der Waals surface area contributed by atoms with Gasteiger partial charge in [0, 0.05) is 25.1 Å². The summed E-state index contributed by atoms with van der Waals surface area (Å²) in [6.45, 7) is 0. The Hall–Kier alpha value is -1.88. The maximum Gasteiger partial charge on any atom is 0.139 e. The van der Waals surface area contributed by atoms with Crippen LogP contribution in [0.3, 0.4) is 0 Å². The number of aromatic nitrogens is 1. The Balaban J connectivity index is 2.79. The van der Waals surface area contributed by atoms with E-state index in [0.29, 0.717) is 12.2 Å². The highest BCUT2D eigenvalue weighted by Gasteiger charge is 2.08. The summed E-state index contributed by atoms with van der Waals surface area (Å²) in [7, 11) is 1.90. The van der Waals surface area contributed by atoms with E-state index in [2.05, 4.69) is 5.92 Å². The van der Waals surface area contributed by atoms with E-state index in [1.54, 1.807) is 6.07 Å². The molecule has 0 radical (unpaired) electrons. The molecule has 1 N–H and O–H groups in total. The van der Waals surface area contributed by atoms with Gasteiger partial charge in [-0.25, -0.2) is 0 Å². The third kappa shape index (κ3) is 1.14. The molecule has 14 heavy (non-hydrogen) atoms. The Morgan fingerprint density at radius 3 is 3.00 bits per heavy atom. The molecule has 70 valence electrons. The van der Waals surface area contributed by atoms with Crippen molar-refractivity contribution in [2.45, 2.75) is 6.42 Å². The summed E-state index contributed by atoms with van der Waals surface area (Å²) in [6.07, 6.45) is 7.84. The van der Waals surface area contributed by atoms with Crippen molar-refractivity contribution >= 4 is 10.9 Å². The van der Waals surface area contributed by atoms with Crippen LogP contribution in [0, 0.1) is 12.3 Å². The summed E-state index contributed by atoms with van der Waals surface area (Å²) in [4.78, 5) is 0. The van der Waals surface area contributed by atoms with Crippen LogP contribution in [0.25, 0.3) is 10.9 Å². The Morgan fingerprint density at radius 1 is 1.50 bits per heavy atom. The Labute approximate surface area is 82.8 Å². The van der Waals surface area contributed by atoms with Gasteiger partial charge in [0.2, 0.25) is 0 Å². The highest BCUT2D eigenvalue weighted by molar-refractivity contribution is 5.89. The van der Waals surface area contributed by atoms with Gasteiger partial charge in [0.25, 0.3) is 0 Å². The van der Waals surface area contributed by atoms with Gasteiger partial charge in [-0.1, -0.05) is 12.1 Å². The molecule has 1 aromatic carbocycles. The second kappa shape index (κ2) is 3.12. The predicted molar refractivity (Wildman–Crippen MR) is 57.1 cm³/mol. The van der Waals surface area contributed by atoms with Gasteiger partial charge in [-0.05, 0) is 11.6 Å². The number of hydrogen-bond donors (Lipinski definition) is 1. The maximum absolute atomic E-state index is 9.66. The topological polar surface area (TPSA) is 25.2 Å². The molecule has 0 aliphatic carbocycles. The minimum Gasteiger partial charge on any atom is -0.506 e. The van der Waals surface area contributed by atoms with E-state index in [0.717, 1.165) is 16.5 Å². The first-order valence-corrected chi connectivity index (χ1v) is 4.43. The van der Waals surface area contributed by atoms with Gasteiger partial charge in [0.05, 0.1) is 5.52 Å². The summed E-state index contributed by atoms with van der Waals surface area (Å²) < 4.78 is 1.90. The summed E-state index contributed by atoms with van der Waals surface area (Å²) in [6, 6.07) is 5.49. The van der Waals surface area contributed by atoms with E-state index in [1.807, 2.05) is 29.9 Å². The fraction of sp³-hybridized carbons (Fsp3) is 0.167. The number of hydrogen-bond acceptors (Lipinski definition) is 1. The van der Waals surface area contributed by atoms with Crippen LogP contribution in [0.1, 0.15) is 5.56 Å². The number of benzene rings is 1. The van der Waals surface area contributed by atoms with Crippen molar-refractivity contribution in [3.8, 4) is 18.1 Å². The lowest BCUT2D eigenvalue weighted by atomic mass is 10.1. The zero-order valence-corrected chi connectivity index (χ0v) is 7.99. The molecule has 0 atom stereocenters. The normalized spacial score (nSPS) is 10.3. The van der Waals surface area contributed by atoms with Crippen LogP contribution in [0.4, 0.5) is 0 Å². The first-order valence-electron chi connectivity index (χ1n) is 4.43. The Kier molecular flexibility index (Phi) is 1.94.